The average molecular weight is 259 g/mol. The zero-order chi connectivity index (χ0) is 13.5. The summed E-state index contributed by atoms with van der Waals surface area (Å²) in [5, 5.41) is 12.6. The Hall–Kier alpha value is -1.75. The molecule has 2 aromatic rings. The van der Waals surface area contributed by atoms with Crippen molar-refractivity contribution in [3.8, 4) is 0 Å². The fraction of sp³-hybridized carbons (Fsp3) is 0.500. The molecule has 5 nitrogen and oxygen atoms in total. The second-order valence-electron chi connectivity index (χ2n) is 4.49. The Balaban J connectivity index is 1.88. The van der Waals surface area contributed by atoms with E-state index in [0.717, 1.165) is 38.4 Å². The fourth-order valence-corrected chi connectivity index (χ4v) is 1.99. The maximum atomic E-state index is 4.41. The van der Waals surface area contributed by atoms with Crippen LogP contribution in [-0.4, -0.2) is 44.7 Å². The van der Waals surface area contributed by atoms with Gasteiger partial charge in [0.1, 0.15) is 0 Å². The second-order valence-corrected chi connectivity index (χ2v) is 4.49. The highest BCUT2D eigenvalue weighted by Gasteiger charge is 2.05. The molecule has 0 aliphatic heterocycles. The predicted octanol–water partition coefficient (Wildman–Crippen LogP) is 1.61. The van der Waals surface area contributed by atoms with E-state index in [1.807, 2.05) is 18.2 Å². The molecule has 0 amide bonds. The van der Waals surface area contributed by atoms with Gasteiger partial charge < -0.3 is 4.90 Å². The summed E-state index contributed by atoms with van der Waals surface area (Å²) in [5.74, 6) is 0.783. The SMILES string of the molecule is CCN(CC)CCn1nnc(Cc2ccccc2)n1. The van der Waals surface area contributed by atoms with Crippen molar-refractivity contribution in [2.75, 3.05) is 19.6 Å². The Morgan fingerprint density at radius 3 is 2.53 bits per heavy atom. The quantitative estimate of drug-likeness (QED) is 0.758. The lowest BCUT2D eigenvalue weighted by Crippen LogP contribution is -2.27. The summed E-state index contributed by atoms with van der Waals surface area (Å²) in [6.45, 7) is 8.21. The van der Waals surface area contributed by atoms with E-state index in [1.54, 1.807) is 4.80 Å². The lowest BCUT2D eigenvalue weighted by Gasteiger charge is -2.16. The number of benzene rings is 1. The first-order valence-electron chi connectivity index (χ1n) is 6.84. The van der Waals surface area contributed by atoms with Crippen molar-refractivity contribution in [1.29, 1.82) is 0 Å². The molecule has 0 radical (unpaired) electrons. The van der Waals surface area contributed by atoms with Crippen LogP contribution in [-0.2, 0) is 13.0 Å². The minimum atomic E-state index is 0.742. The Labute approximate surface area is 114 Å². The summed E-state index contributed by atoms with van der Waals surface area (Å²) in [7, 11) is 0. The van der Waals surface area contributed by atoms with Crippen LogP contribution in [0.3, 0.4) is 0 Å². The minimum absolute atomic E-state index is 0.742. The molecule has 102 valence electrons. The van der Waals surface area contributed by atoms with Crippen molar-refractivity contribution in [3.05, 3.63) is 41.7 Å². The smallest absolute Gasteiger partial charge is 0.179 e. The van der Waals surface area contributed by atoms with E-state index in [1.165, 1.54) is 5.56 Å². The predicted molar refractivity (Wildman–Crippen MR) is 74.9 cm³/mol. The Morgan fingerprint density at radius 1 is 1.11 bits per heavy atom. The standard InChI is InChI=1S/C14H21N5/c1-3-18(4-2)10-11-19-16-14(15-17-19)12-13-8-6-5-7-9-13/h5-9H,3-4,10-12H2,1-2H3. The van der Waals surface area contributed by atoms with Gasteiger partial charge >= 0.3 is 0 Å². The highest BCUT2D eigenvalue weighted by atomic mass is 15.6. The number of hydrogen-bond acceptors (Lipinski definition) is 4. The highest BCUT2D eigenvalue weighted by Crippen LogP contribution is 2.03. The lowest BCUT2D eigenvalue weighted by atomic mass is 10.1. The summed E-state index contributed by atoms with van der Waals surface area (Å²) in [4.78, 5) is 4.04. The molecule has 0 fully saturated rings. The third-order valence-corrected chi connectivity index (χ3v) is 3.21. The first-order valence-corrected chi connectivity index (χ1v) is 6.84. The Bertz CT molecular complexity index is 476. The molecule has 2 rings (SSSR count). The molecule has 1 aromatic carbocycles. The van der Waals surface area contributed by atoms with E-state index in [4.69, 9.17) is 0 Å². The van der Waals surface area contributed by atoms with Gasteiger partial charge in [-0.2, -0.15) is 4.80 Å². The Morgan fingerprint density at radius 2 is 1.84 bits per heavy atom. The van der Waals surface area contributed by atoms with Gasteiger partial charge in [-0.3, -0.25) is 0 Å². The van der Waals surface area contributed by atoms with Gasteiger partial charge in [0.2, 0.25) is 0 Å². The Kier molecular flexibility index (Phi) is 5.03. The average Bonchev–Trinajstić information content (AvgIpc) is 2.89. The van der Waals surface area contributed by atoms with Crippen LogP contribution >= 0.6 is 0 Å². The van der Waals surface area contributed by atoms with Crippen molar-refractivity contribution in [2.45, 2.75) is 26.8 Å². The number of nitrogens with zero attached hydrogens (tertiary/aromatic N) is 5. The van der Waals surface area contributed by atoms with E-state index in [9.17, 15) is 0 Å². The zero-order valence-electron chi connectivity index (χ0n) is 11.7. The van der Waals surface area contributed by atoms with Gasteiger partial charge in [0.25, 0.3) is 0 Å². The van der Waals surface area contributed by atoms with E-state index in [2.05, 4.69) is 46.3 Å². The van der Waals surface area contributed by atoms with E-state index >= 15 is 0 Å². The van der Waals surface area contributed by atoms with Crippen molar-refractivity contribution in [2.24, 2.45) is 0 Å². The minimum Gasteiger partial charge on any atom is -0.302 e. The van der Waals surface area contributed by atoms with Crippen LogP contribution < -0.4 is 0 Å². The number of hydrogen-bond donors (Lipinski definition) is 0. The molecule has 1 aromatic heterocycles. The molecule has 0 saturated carbocycles. The largest absolute Gasteiger partial charge is 0.302 e. The molecule has 0 atom stereocenters. The molecule has 0 aliphatic rings. The maximum absolute atomic E-state index is 4.41. The first-order chi connectivity index (χ1) is 9.31. The fourth-order valence-electron chi connectivity index (χ4n) is 1.99. The molecular weight excluding hydrogens is 238 g/mol. The molecule has 0 N–H and O–H groups in total. The summed E-state index contributed by atoms with van der Waals surface area (Å²) < 4.78 is 0. The number of aromatic nitrogens is 4. The van der Waals surface area contributed by atoms with E-state index in [-0.39, 0.29) is 0 Å². The topological polar surface area (TPSA) is 46.8 Å². The molecule has 0 spiro atoms. The summed E-state index contributed by atoms with van der Waals surface area (Å²) >= 11 is 0. The molecule has 5 heteroatoms. The first kappa shape index (κ1) is 13.7. The molecule has 0 unspecified atom stereocenters. The third-order valence-electron chi connectivity index (χ3n) is 3.21. The van der Waals surface area contributed by atoms with Gasteiger partial charge in [-0.25, -0.2) is 0 Å². The molecule has 19 heavy (non-hydrogen) atoms. The van der Waals surface area contributed by atoms with E-state index in [0.29, 0.717) is 0 Å². The lowest BCUT2D eigenvalue weighted by molar-refractivity contribution is 0.276. The molecule has 0 saturated heterocycles. The van der Waals surface area contributed by atoms with Crippen LogP contribution in [0.1, 0.15) is 25.2 Å². The molecular formula is C14H21N5. The summed E-state index contributed by atoms with van der Waals surface area (Å²) in [5.41, 5.74) is 1.21. The van der Waals surface area contributed by atoms with Gasteiger partial charge in [0.05, 0.1) is 6.54 Å². The van der Waals surface area contributed by atoms with Crippen molar-refractivity contribution in [1.82, 2.24) is 25.1 Å². The molecule has 0 aliphatic carbocycles. The normalized spacial score (nSPS) is 11.1. The maximum Gasteiger partial charge on any atom is 0.179 e. The highest BCUT2D eigenvalue weighted by molar-refractivity contribution is 5.17. The van der Waals surface area contributed by atoms with Crippen molar-refractivity contribution < 1.29 is 0 Å². The van der Waals surface area contributed by atoms with Gasteiger partial charge in [-0.1, -0.05) is 44.2 Å². The second kappa shape index (κ2) is 6.99. The van der Waals surface area contributed by atoms with Crippen LogP contribution in [0.5, 0.6) is 0 Å². The third kappa shape index (κ3) is 4.13. The van der Waals surface area contributed by atoms with Crippen LogP contribution in [0.2, 0.25) is 0 Å². The van der Waals surface area contributed by atoms with Gasteiger partial charge in [-0.05, 0) is 23.9 Å². The number of likely N-dealkylation sites (N-methyl/N-ethyl adjacent to an activating group) is 1. The van der Waals surface area contributed by atoms with E-state index < -0.39 is 0 Å². The van der Waals surface area contributed by atoms with Crippen molar-refractivity contribution in [3.63, 3.8) is 0 Å². The van der Waals surface area contributed by atoms with Crippen LogP contribution in [0.25, 0.3) is 0 Å². The number of rotatable bonds is 7. The zero-order valence-corrected chi connectivity index (χ0v) is 11.7. The monoisotopic (exact) mass is 259 g/mol. The van der Waals surface area contributed by atoms with Crippen molar-refractivity contribution >= 4 is 0 Å². The van der Waals surface area contributed by atoms with Gasteiger partial charge in [-0.15, -0.1) is 10.2 Å². The van der Waals surface area contributed by atoms with Gasteiger partial charge in [0, 0.05) is 13.0 Å². The molecule has 0 bridgehead atoms. The van der Waals surface area contributed by atoms with Crippen LogP contribution in [0.4, 0.5) is 0 Å². The number of tetrazole rings is 1. The molecule has 1 heterocycles. The van der Waals surface area contributed by atoms with Crippen LogP contribution in [0.15, 0.2) is 30.3 Å². The summed E-state index contributed by atoms with van der Waals surface area (Å²) in [6, 6.07) is 10.2. The van der Waals surface area contributed by atoms with Gasteiger partial charge in [0.15, 0.2) is 5.82 Å². The summed E-state index contributed by atoms with van der Waals surface area (Å²) in [6.07, 6.45) is 0.742. The van der Waals surface area contributed by atoms with Crippen LogP contribution in [0, 0.1) is 0 Å².